The fourth-order valence-electron chi connectivity index (χ4n) is 2.29. The maximum atomic E-state index is 12.8. The summed E-state index contributed by atoms with van der Waals surface area (Å²) in [6, 6.07) is 9.33. The molecule has 0 amide bonds. The van der Waals surface area contributed by atoms with Crippen LogP contribution in [0.2, 0.25) is 0 Å². The molecule has 2 rings (SSSR count). The molecule has 25 heavy (non-hydrogen) atoms. The van der Waals surface area contributed by atoms with Gasteiger partial charge in [-0.3, -0.25) is 0 Å². The minimum Gasteiger partial charge on any atom is -0.456 e. The van der Waals surface area contributed by atoms with Gasteiger partial charge in [-0.2, -0.15) is 0 Å². The molecule has 0 atom stereocenters. The molecule has 0 fully saturated rings. The Kier molecular flexibility index (Phi) is 6.33. The minimum atomic E-state index is -0.817. The van der Waals surface area contributed by atoms with Gasteiger partial charge < -0.3 is 18.7 Å². The van der Waals surface area contributed by atoms with Crippen molar-refractivity contribution in [3.05, 3.63) is 41.7 Å². The molecule has 0 saturated carbocycles. The summed E-state index contributed by atoms with van der Waals surface area (Å²) in [6.45, 7) is 9.91. The van der Waals surface area contributed by atoms with E-state index in [-0.39, 0.29) is 11.3 Å². The van der Waals surface area contributed by atoms with E-state index in [1.54, 1.807) is 0 Å². The molecule has 0 radical (unpaired) electrons. The smallest absolute Gasteiger partial charge is 0.344 e. The fourth-order valence-corrected chi connectivity index (χ4v) is 2.29. The summed E-state index contributed by atoms with van der Waals surface area (Å²) >= 11 is 0. The van der Waals surface area contributed by atoms with Crippen molar-refractivity contribution in [3.63, 3.8) is 0 Å². The summed E-state index contributed by atoms with van der Waals surface area (Å²) in [4.78, 5) is 12.8. The third-order valence-electron chi connectivity index (χ3n) is 3.22. The van der Waals surface area contributed by atoms with Gasteiger partial charge in [0.05, 0.1) is 0 Å². The van der Waals surface area contributed by atoms with E-state index in [9.17, 15) is 4.79 Å². The predicted octanol–water partition coefficient (Wildman–Crippen LogP) is 4.37. The number of aromatic nitrogens is 1. The van der Waals surface area contributed by atoms with Crippen molar-refractivity contribution in [2.45, 2.75) is 46.5 Å². The van der Waals surface area contributed by atoms with Gasteiger partial charge in [0, 0.05) is 18.8 Å². The van der Waals surface area contributed by atoms with Crippen molar-refractivity contribution in [3.8, 4) is 11.3 Å². The van der Waals surface area contributed by atoms with Gasteiger partial charge in [0.1, 0.15) is 16.9 Å². The molecule has 0 aliphatic heterocycles. The summed E-state index contributed by atoms with van der Waals surface area (Å²) in [6.07, 6.45) is -0.817. The van der Waals surface area contributed by atoms with Crippen LogP contribution in [0.25, 0.3) is 11.3 Å². The van der Waals surface area contributed by atoms with E-state index in [2.05, 4.69) is 5.16 Å². The molecule has 1 aromatic carbocycles. The second-order valence-corrected chi connectivity index (χ2v) is 6.38. The van der Waals surface area contributed by atoms with E-state index >= 15 is 0 Å². The first-order valence-electron chi connectivity index (χ1n) is 8.39. The molecule has 0 N–H and O–H groups in total. The Morgan fingerprint density at radius 2 is 1.72 bits per heavy atom. The molecule has 6 nitrogen and oxygen atoms in total. The van der Waals surface area contributed by atoms with Gasteiger partial charge in [0.15, 0.2) is 0 Å². The SMILES string of the molecule is CCOC(OCC)c1onc(-c2ccccc2)c1C(=O)OC(C)(C)C. The molecular weight excluding hydrogens is 322 g/mol. The third kappa shape index (κ3) is 4.90. The van der Waals surface area contributed by atoms with Crippen LogP contribution >= 0.6 is 0 Å². The number of rotatable bonds is 7. The first kappa shape index (κ1) is 19.1. The van der Waals surface area contributed by atoms with E-state index in [1.165, 1.54) is 0 Å². The van der Waals surface area contributed by atoms with Crippen LogP contribution < -0.4 is 0 Å². The zero-order valence-electron chi connectivity index (χ0n) is 15.4. The average molecular weight is 347 g/mol. The monoisotopic (exact) mass is 347 g/mol. The lowest BCUT2D eigenvalue weighted by atomic mass is 10.1. The summed E-state index contributed by atoms with van der Waals surface area (Å²) in [5.41, 5.74) is 0.749. The number of carbonyl (C=O) groups excluding carboxylic acids is 1. The molecule has 1 aromatic heterocycles. The van der Waals surface area contributed by atoms with Crippen LogP contribution in [0.1, 0.15) is 57.0 Å². The van der Waals surface area contributed by atoms with Crippen molar-refractivity contribution in [1.82, 2.24) is 5.16 Å². The molecule has 0 saturated heterocycles. The number of hydrogen-bond donors (Lipinski definition) is 0. The zero-order valence-corrected chi connectivity index (χ0v) is 15.4. The quantitative estimate of drug-likeness (QED) is 0.547. The lowest BCUT2D eigenvalue weighted by Gasteiger charge is -2.20. The van der Waals surface area contributed by atoms with Crippen molar-refractivity contribution in [2.75, 3.05) is 13.2 Å². The van der Waals surface area contributed by atoms with Gasteiger partial charge in [0.2, 0.25) is 12.1 Å². The highest BCUT2D eigenvalue weighted by atomic mass is 16.7. The van der Waals surface area contributed by atoms with Crippen LogP contribution in [-0.4, -0.2) is 29.9 Å². The summed E-state index contributed by atoms with van der Waals surface area (Å²) in [7, 11) is 0. The number of esters is 1. The minimum absolute atomic E-state index is 0.219. The van der Waals surface area contributed by atoms with Gasteiger partial charge in [0.25, 0.3) is 0 Å². The van der Waals surface area contributed by atoms with Crippen LogP contribution in [0.4, 0.5) is 0 Å². The molecule has 0 spiro atoms. The predicted molar refractivity (Wildman–Crippen MR) is 93.1 cm³/mol. The van der Waals surface area contributed by atoms with Gasteiger partial charge in [-0.1, -0.05) is 35.5 Å². The number of carbonyl (C=O) groups is 1. The Morgan fingerprint density at radius 3 is 2.24 bits per heavy atom. The largest absolute Gasteiger partial charge is 0.456 e. The van der Waals surface area contributed by atoms with Crippen molar-refractivity contribution >= 4 is 5.97 Å². The Morgan fingerprint density at radius 1 is 1.12 bits per heavy atom. The van der Waals surface area contributed by atoms with Crippen molar-refractivity contribution in [2.24, 2.45) is 0 Å². The van der Waals surface area contributed by atoms with Gasteiger partial charge in [-0.25, -0.2) is 4.79 Å². The first-order chi connectivity index (χ1) is 11.9. The van der Waals surface area contributed by atoms with Gasteiger partial charge in [-0.15, -0.1) is 0 Å². The molecule has 136 valence electrons. The van der Waals surface area contributed by atoms with Crippen molar-refractivity contribution in [1.29, 1.82) is 0 Å². The average Bonchev–Trinajstić information content (AvgIpc) is 2.99. The molecular formula is C19H25NO5. The lowest BCUT2D eigenvalue weighted by molar-refractivity contribution is -0.152. The molecule has 6 heteroatoms. The van der Waals surface area contributed by atoms with Crippen LogP contribution in [0.15, 0.2) is 34.9 Å². The van der Waals surface area contributed by atoms with E-state index in [1.807, 2.05) is 65.0 Å². The Bertz CT molecular complexity index is 682. The number of hydrogen-bond acceptors (Lipinski definition) is 6. The second kappa shape index (κ2) is 8.27. The Labute approximate surface area is 148 Å². The highest BCUT2D eigenvalue weighted by molar-refractivity contribution is 5.97. The first-order valence-corrected chi connectivity index (χ1v) is 8.39. The molecule has 0 aliphatic carbocycles. The number of ether oxygens (including phenoxy) is 3. The molecule has 2 aromatic rings. The van der Waals surface area contributed by atoms with E-state index in [0.29, 0.717) is 18.9 Å². The lowest BCUT2D eigenvalue weighted by Crippen LogP contribution is -2.25. The topological polar surface area (TPSA) is 70.8 Å². The number of benzene rings is 1. The standard InChI is InChI=1S/C19H25NO5/c1-6-22-18(23-7-2)16-14(17(21)24-19(3,4)5)15(20-25-16)13-11-9-8-10-12-13/h8-12,18H,6-7H2,1-5H3. The third-order valence-corrected chi connectivity index (χ3v) is 3.22. The summed E-state index contributed by atoms with van der Waals surface area (Å²) in [5, 5.41) is 4.09. The van der Waals surface area contributed by atoms with E-state index in [4.69, 9.17) is 18.7 Å². The fraction of sp³-hybridized carbons (Fsp3) is 0.474. The maximum Gasteiger partial charge on any atom is 0.344 e. The van der Waals surface area contributed by atoms with E-state index < -0.39 is 17.9 Å². The second-order valence-electron chi connectivity index (χ2n) is 6.38. The van der Waals surface area contributed by atoms with Crippen molar-refractivity contribution < 1.29 is 23.5 Å². The van der Waals surface area contributed by atoms with Gasteiger partial charge in [-0.05, 0) is 34.6 Å². The van der Waals surface area contributed by atoms with Gasteiger partial charge >= 0.3 is 5.97 Å². The number of nitrogens with zero attached hydrogens (tertiary/aromatic N) is 1. The Hall–Kier alpha value is -2.18. The Balaban J connectivity index is 2.53. The summed E-state index contributed by atoms with van der Waals surface area (Å²) < 4.78 is 22.1. The molecule has 0 bridgehead atoms. The summed E-state index contributed by atoms with van der Waals surface area (Å²) in [5.74, 6) is -0.302. The van der Waals surface area contributed by atoms with Crippen LogP contribution in [0.5, 0.6) is 0 Å². The van der Waals surface area contributed by atoms with Crippen LogP contribution in [-0.2, 0) is 14.2 Å². The molecule has 1 heterocycles. The molecule has 0 aliphatic rings. The normalized spacial score (nSPS) is 11.8. The van der Waals surface area contributed by atoms with Crippen LogP contribution in [0, 0.1) is 0 Å². The molecule has 0 unspecified atom stereocenters. The highest BCUT2D eigenvalue weighted by Crippen LogP contribution is 2.32. The highest BCUT2D eigenvalue weighted by Gasteiger charge is 2.33. The van der Waals surface area contributed by atoms with Crippen LogP contribution in [0.3, 0.4) is 0 Å². The maximum absolute atomic E-state index is 12.8. The zero-order chi connectivity index (χ0) is 18.4. The van der Waals surface area contributed by atoms with E-state index in [0.717, 1.165) is 5.56 Å².